The fourth-order valence-electron chi connectivity index (χ4n) is 5.66. The van der Waals surface area contributed by atoms with Gasteiger partial charge in [0.15, 0.2) is 0 Å². The highest BCUT2D eigenvalue weighted by Gasteiger charge is 2.54. The standard InChI is InChI=1S/C29H43N3O3Si/c1-28(2,3)34-27(33)31-30-22-20-25(32-18-13-19-32)26(21-22)35-36(29(4,5)6,23-14-9-7-10-15-23)24-16-11-8-12-17-24/h7-12,14-17,22,25-26,30H,13,18-21H2,1-6H3,(H,31,33)/t22-,25+,26+/m1/s1. The Kier molecular flexibility index (Phi) is 7.95. The second-order valence-corrected chi connectivity index (χ2v) is 16.5. The van der Waals surface area contributed by atoms with Crippen LogP contribution in [0.1, 0.15) is 60.8 Å². The molecular formula is C29H43N3O3Si. The second kappa shape index (κ2) is 10.7. The number of benzene rings is 2. The summed E-state index contributed by atoms with van der Waals surface area (Å²) in [5.41, 5.74) is 5.50. The Labute approximate surface area is 217 Å². The molecule has 36 heavy (non-hydrogen) atoms. The molecule has 2 aliphatic rings. The maximum atomic E-state index is 12.3. The highest BCUT2D eigenvalue weighted by molar-refractivity contribution is 6.99. The van der Waals surface area contributed by atoms with Crippen molar-refractivity contribution in [2.45, 2.75) is 89.6 Å². The first-order valence-corrected chi connectivity index (χ1v) is 15.2. The molecule has 0 bridgehead atoms. The number of rotatable bonds is 7. The van der Waals surface area contributed by atoms with E-state index in [9.17, 15) is 4.79 Å². The minimum atomic E-state index is -2.66. The van der Waals surface area contributed by atoms with Crippen LogP contribution in [0.5, 0.6) is 0 Å². The summed E-state index contributed by atoms with van der Waals surface area (Å²) < 4.78 is 13.0. The summed E-state index contributed by atoms with van der Waals surface area (Å²) in [7, 11) is -2.66. The molecule has 1 amide bonds. The fraction of sp³-hybridized carbons (Fsp3) is 0.552. The van der Waals surface area contributed by atoms with E-state index < -0.39 is 20.0 Å². The van der Waals surface area contributed by atoms with Crippen LogP contribution in [-0.4, -0.2) is 56.2 Å². The molecule has 1 saturated carbocycles. The average Bonchev–Trinajstić information content (AvgIpc) is 3.16. The van der Waals surface area contributed by atoms with Crippen LogP contribution in [0.4, 0.5) is 4.79 Å². The summed E-state index contributed by atoms with van der Waals surface area (Å²) in [6.07, 6.45) is 2.62. The Morgan fingerprint density at radius 1 is 0.889 bits per heavy atom. The number of hydrogen-bond acceptors (Lipinski definition) is 5. The molecule has 0 aromatic heterocycles. The number of likely N-dealkylation sites (tertiary alicyclic amines) is 1. The Balaban J connectivity index is 1.63. The Hall–Kier alpha value is -2.19. The van der Waals surface area contributed by atoms with Gasteiger partial charge in [-0.05, 0) is 68.5 Å². The molecule has 0 radical (unpaired) electrons. The number of hydrogen-bond donors (Lipinski definition) is 2. The Morgan fingerprint density at radius 2 is 1.44 bits per heavy atom. The van der Waals surface area contributed by atoms with Gasteiger partial charge < -0.3 is 9.16 Å². The minimum Gasteiger partial charge on any atom is -0.443 e. The zero-order valence-electron chi connectivity index (χ0n) is 22.7. The quantitative estimate of drug-likeness (QED) is 0.433. The molecule has 1 aliphatic carbocycles. The number of carbonyl (C=O) groups is 1. The van der Waals surface area contributed by atoms with Gasteiger partial charge in [0.05, 0.1) is 6.10 Å². The zero-order chi connectivity index (χ0) is 26.0. The van der Waals surface area contributed by atoms with Crippen molar-refractivity contribution in [1.82, 2.24) is 15.8 Å². The maximum absolute atomic E-state index is 12.3. The lowest BCUT2D eigenvalue weighted by Gasteiger charge is -2.47. The number of ether oxygens (including phenoxy) is 1. The van der Waals surface area contributed by atoms with E-state index in [1.807, 2.05) is 20.8 Å². The number of hydrazine groups is 1. The molecule has 4 rings (SSSR count). The van der Waals surface area contributed by atoms with Gasteiger partial charge in [-0.1, -0.05) is 81.4 Å². The van der Waals surface area contributed by atoms with Gasteiger partial charge in [-0.2, -0.15) is 0 Å². The second-order valence-electron chi connectivity index (χ2n) is 12.2. The van der Waals surface area contributed by atoms with E-state index in [0.717, 1.165) is 25.9 Å². The monoisotopic (exact) mass is 509 g/mol. The van der Waals surface area contributed by atoms with Crippen molar-refractivity contribution in [3.8, 4) is 0 Å². The molecule has 2 fully saturated rings. The molecule has 0 spiro atoms. The first-order valence-electron chi connectivity index (χ1n) is 13.3. The third-order valence-electron chi connectivity index (χ3n) is 7.35. The largest absolute Gasteiger partial charge is 0.443 e. The summed E-state index contributed by atoms with van der Waals surface area (Å²) in [4.78, 5) is 14.8. The number of carbonyl (C=O) groups excluding carboxylic acids is 1. The molecule has 2 aromatic rings. The van der Waals surface area contributed by atoms with E-state index in [-0.39, 0.29) is 17.2 Å². The van der Waals surface area contributed by atoms with Crippen molar-refractivity contribution in [2.75, 3.05) is 13.1 Å². The van der Waals surface area contributed by atoms with Gasteiger partial charge in [0, 0.05) is 12.1 Å². The van der Waals surface area contributed by atoms with E-state index in [4.69, 9.17) is 9.16 Å². The Morgan fingerprint density at radius 3 is 1.89 bits per heavy atom. The molecule has 2 N–H and O–H groups in total. The predicted octanol–water partition coefficient (Wildman–Crippen LogP) is 4.20. The van der Waals surface area contributed by atoms with Crippen LogP contribution in [0, 0.1) is 0 Å². The fourth-order valence-corrected chi connectivity index (χ4v) is 10.4. The van der Waals surface area contributed by atoms with Crippen LogP contribution < -0.4 is 21.2 Å². The van der Waals surface area contributed by atoms with Crippen LogP contribution in [0.25, 0.3) is 0 Å². The molecule has 2 aromatic carbocycles. The third-order valence-corrected chi connectivity index (χ3v) is 12.4. The molecule has 6 nitrogen and oxygen atoms in total. The van der Waals surface area contributed by atoms with Crippen molar-refractivity contribution in [3.05, 3.63) is 60.7 Å². The predicted molar refractivity (Wildman–Crippen MR) is 148 cm³/mol. The van der Waals surface area contributed by atoms with Gasteiger partial charge in [0.1, 0.15) is 5.60 Å². The lowest BCUT2D eigenvalue weighted by atomic mass is 10.1. The molecule has 0 unspecified atom stereocenters. The van der Waals surface area contributed by atoms with Gasteiger partial charge in [-0.25, -0.2) is 10.2 Å². The normalized spacial score (nSPS) is 23.2. The van der Waals surface area contributed by atoms with Crippen LogP contribution in [-0.2, 0) is 9.16 Å². The maximum Gasteiger partial charge on any atom is 0.422 e. The van der Waals surface area contributed by atoms with Crippen molar-refractivity contribution in [1.29, 1.82) is 0 Å². The number of nitrogens with zero attached hydrogens (tertiary/aromatic N) is 1. The van der Waals surface area contributed by atoms with Crippen LogP contribution in [0.15, 0.2) is 60.7 Å². The van der Waals surface area contributed by atoms with Crippen molar-refractivity contribution in [2.24, 2.45) is 0 Å². The molecular weight excluding hydrogens is 466 g/mol. The molecule has 3 atom stereocenters. The summed E-state index contributed by atoms with van der Waals surface area (Å²) in [6.45, 7) is 14.8. The van der Waals surface area contributed by atoms with E-state index >= 15 is 0 Å². The topological polar surface area (TPSA) is 62.8 Å². The van der Waals surface area contributed by atoms with E-state index in [1.54, 1.807) is 0 Å². The smallest absolute Gasteiger partial charge is 0.422 e. The summed E-state index contributed by atoms with van der Waals surface area (Å²) in [5.74, 6) is 0. The molecule has 1 aliphatic heterocycles. The highest BCUT2D eigenvalue weighted by atomic mass is 28.4. The van der Waals surface area contributed by atoms with E-state index in [1.165, 1.54) is 16.8 Å². The minimum absolute atomic E-state index is 0.0644. The summed E-state index contributed by atoms with van der Waals surface area (Å²) >= 11 is 0. The van der Waals surface area contributed by atoms with Crippen LogP contribution in [0.2, 0.25) is 5.04 Å². The Bertz CT molecular complexity index is 960. The molecule has 1 saturated heterocycles. The van der Waals surface area contributed by atoms with Crippen LogP contribution >= 0.6 is 0 Å². The van der Waals surface area contributed by atoms with Crippen molar-refractivity contribution >= 4 is 24.8 Å². The summed E-state index contributed by atoms with van der Waals surface area (Å²) in [6, 6.07) is 22.1. The lowest BCUT2D eigenvalue weighted by Crippen LogP contribution is -2.69. The number of amides is 1. The average molecular weight is 510 g/mol. The van der Waals surface area contributed by atoms with Gasteiger partial charge in [0.2, 0.25) is 0 Å². The van der Waals surface area contributed by atoms with Gasteiger partial charge >= 0.3 is 6.09 Å². The molecule has 7 heteroatoms. The lowest BCUT2D eigenvalue weighted by molar-refractivity contribution is 0.0423. The molecule has 1 heterocycles. The first-order chi connectivity index (χ1) is 17.0. The molecule has 196 valence electrons. The SMILES string of the molecule is CC(C)(C)OC(=O)NN[C@H]1C[C@H](O[Si](c2ccccc2)(c2ccccc2)C(C)(C)C)[C@@H](N2CCC2)C1. The van der Waals surface area contributed by atoms with E-state index in [0.29, 0.717) is 6.04 Å². The van der Waals surface area contributed by atoms with Crippen LogP contribution in [0.3, 0.4) is 0 Å². The van der Waals surface area contributed by atoms with E-state index in [2.05, 4.69) is 97.2 Å². The van der Waals surface area contributed by atoms with Gasteiger partial charge in [-0.3, -0.25) is 10.3 Å². The highest BCUT2D eigenvalue weighted by Crippen LogP contribution is 2.41. The first kappa shape index (κ1) is 26.9. The van der Waals surface area contributed by atoms with Gasteiger partial charge in [-0.15, -0.1) is 0 Å². The van der Waals surface area contributed by atoms with Crippen molar-refractivity contribution < 1.29 is 14.0 Å². The summed E-state index contributed by atoms with van der Waals surface area (Å²) in [5, 5.41) is 2.53. The van der Waals surface area contributed by atoms with Crippen molar-refractivity contribution in [3.63, 3.8) is 0 Å². The zero-order valence-corrected chi connectivity index (χ0v) is 23.7. The third kappa shape index (κ3) is 5.85. The van der Waals surface area contributed by atoms with Gasteiger partial charge in [0.25, 0.3) is 8.32 Å². The number of nitrogens with one attached hydrogen (secondary N) is 2.